The SMILES string of the molecule is Cc1cc(NC(=O)N[C@H](C)c2cccnc2)no1. The standard InChI is InChI=1S/C12H14N4O2/c1-8-6-11(16-18-8)15-12(17)14-9(2)10-4-3-5-13-7-10/h3-7,9H,1-2H3,(H2,14,15,16,17)/t9-/m1/s1. The van der Waals surface area contributed by atoms with E-state index in [0.717, 1.165) is 5.56 Å². The van der Waals surface area contributed by atoms with Gasteiger partial charge in [0.05, 0.1) is 6.04 Å². The van der Waals surface area contributed by atoms with Crippen LogP contribution in [0.4, 0.5) is 10.6 Å². The molecule has 2 aromatic rings. The molecule has 0 aliphatic heterocycles. The van der Waals surface area contributed by atoms with E-state index in [4.69, 9.17) is 4.52 Å². The molecule has 0 radical (unpaired) electrons. The van der Waals surface area contributed by atoms with Crippen LogP contribution in [0.5, 0.6) is 0 Å². The van der Waals surface area contributed by atoms with E-state index in [1.807, 2.05) is 19.1 Å². The lowest BCUT2D eigenvalue weighted by Crippen LogP contribution is -2.31. The second-order valence-corrected chi connectivity index (χ2v) is 3.93. The zero-order valence-electron chi connectivity index (χ0n) is 10.2. The Labute approximate surface area is 104 Å². The van der Waals surface area contributed by atoms with Gasteiger partial charge in [0.1, 0.15) is 5.76 Å². The number of nitrogens with zero attached hydrogens (tertiary/aromatic N) is 2. The Morgan fingerprint density at radius 2 is 2.33 bits per heavy atom. The van der Waals surface area contributed by atoms with E-state index in [1.54, 1.807) is 25.4 Å². The van der Waals surface area contributed by atoms with Crippen molar-refractivity contribution in [3.63, 3.8) is 0 Å². The van der Waals surface area contributed by atoms with Gasteiger partial charge in [0.15, 0.2) is 5.82 Å². The smallest absolute Gasteiger partial charge is 0.320 e. The zero-order chi connectivity index (χ0) is 13.0. The topological polar surface area (TPSA) is 80.0 Å². The lowest BCUT2D eigenvalue weighted by Gasteiger charge is -2.13. The van der Waals surface area contributed by atoms with Crippen LogP contribution in [0.2, 0.25) is 0 Å². The molecule has 2 aromatic heterocycles. The number of hydrogen-bond donors (Lipinski definition) is 2. The maximum absolute atomic E-state index is 11.7. The van der Waals surface area contributed by atoms with E-state index >= 15 is 0 Å². The molecular formula is C12H14N4O2. The molecule has 0 spiro atoms. The van der Waals surface area contributed by atoms with E-state index in [0.29, 0.717) is 11.6 Å². The molecule has 2 rings (SSSR count). The van der Waals surface area contributed by atoms with Crippen molar-refractivity contribution in [1.82, 2.24) is 15.5 Å². The van der Waals surface area contributed by atoms with Gasteiger partial charge < -0.3 is 9.84 Å². The number of carbonyl (C=O) groups is 1. The van der Waals surface area contributed by atoms with Crippen LogP contribution in [0.1, 0.15) is 24.3 Å². The summed E-state index contributed by atoms with van der Waals surface area (Å²) in [5.41, 5.74) is 0.934. The molecule has 0 unspecified atom stereocenters. The molecule has 6 nitrogen and oxygen atoms in total. The minimum atomic E-state index is -0.334. The number of aromatic nitrogens is 2. The van der Waals surface area contributed by atoms with Gasteiger partial charge in [0, 0.05) is 18.5 Å². The van der Waals surface area contributed by atoms with E-state index in [1.165, 1.54) is 0 Å². The van der Waals surface area contributed by atoms with Crippen LogP contribution < -0.4 is 10.6 Å². The predicted octanol–water partition coefficient (Wildman–Crippen LogP) is 2.26. The Bertz CT molecular complexity index is 524. The molecule has 2 amide bonds. The number of amides is 2. The minimum Gasteiger partial charge on any atom is -0.360 e. The van der Waals surface area contributed by atoms with Crippen LogP contribution in [0.25, 0.3) is 0 Å². The molecule has 0 bridgehead atoms. The summed E-state index contributed by atoms with van der Waals surface area (Å²) in [4.78, 5) is 15.7. The van der Waals surface area contributed by atoms with Crippen molar-refractivity contribution in [2.75, 3.05) is 5.32 Å². The first-order chi connectivity index (χ1) is 8.65. The number of nitrogens with one attached hydrogen (secondary N) is 2. The summed E-state index contributed by atoms with van der Waals surface area (Å²) in [7, 11) is 0. The van der Waals surface area contributed by atoms with Gasteiger partial charge in [-0.1, -0.05) is 11.2 Å². The highest BCUT2D eigenvalue weighted by atomic mass is 16.5. The van der Waals surface area contributed by atoms with Crippen LogP contribution in [-0.2, 0) is 0 Å². The van der Waals surface area contributed by atoms with Crippen molar-refractivity contribution in [3.05, 3.63) is 41.9 Å². The number of urea groups is 1. The fourth-order valence-corrected chi connectivity index (χ4v) is 1.49. The van der Waals surface area contributed by atoms with Gasteiger partial charge in [-0.25, -0.2) is 4.79 Å². The summed E-state index contributed by atoms with van der Waals surface area (Å²) in [6.07, 6.45) is 3.40. The van der Waals surface area contributed by atoms with Gasteiger partial charge in [0.25, 0.3) is 0 Å². The number of pyridine rings is 1. The fourth-order valence-electron chi connectivity index (χ4n) is 1.49. The molecule has 2 N–H and O–H groups in total. The van der Waals surface area contributed by atoms with Crippen molar-refractivity contribution in [2.24, 2.45) is 0 Å². The third-order valence-electron chi connectivity index (χ3n) is 2.40. The lowest BCUT2D eigenvalue weighted by molar-refractivity contribution is 0.249. The maximum Gasteiger partial charge on any atom is 0.320 e. The normalized spacial score (nSPS) is 11.9. The van der Waals surface area contributed by atoms with Crippen LogP contribution in [0.3, 0.4) is 0 Å². The first-order valence-electron chi connectivity index (χ1n) is 5.56. The van der Waals surface area contributed by atoms with Crippen LogP contribution >= 0.6 is 0 Å². The number of anilines is 1. The Morgan fingerprint density at radius 1 is 1.50 bits per heavy atom. The third-order valence-corrected chi connectivity index (χ3v) is 2.40. The van der Waals surface area contributed by atoms with Gasteiger partial charge in [-0.15, -0.1) is 0 Å². The van der Waals surface area contributed by atoms with E-state index in [9.17, 15) is 4.79 Å². The third kappa shape index (κ3) is 3.07. The molecule has 94 valence electrons. The molecule has 6 heteroatoms. The van der Waals surface area contributed by atoms with Crippen molar-refractivity contribution in [1.29, 1.82) is 0 Å². The minimum absolute atomic E-state index is 0.133. The van der Waals surface area contributed by atoms with Gasteiger partial charge in [0.2, 0.25) is 0 Å². The van der Waals surface area contributed by atoms with Crippen LogP contribution in [0, 0.1) is 6.92 Å². The Morgan fingerprint density at radius 3 is 2.94 bits per heavy atom. The zero-order valence-corrected chi connectivity index (χ0v) is 10.2. The average Bonchev–Trinajstić information content (AvgIpc) is 2.75. The number of rotatable bonds is 3. The van der Waals surface area contributed by atoms with Crippen molar-refractivity contribution in [3.8, 4) is 0 Å². The van der Waals surface area contributed by atoms with Crippen molar-refractivity contribution in [2.45, 2.75) is 19.9 Å². The van der Waals surface area contributed by atoms with E-state index in [2.05, 4.69) is 20.8 Å². The van der Waals surface area contributed by atoms with Crippen molar-refractivity contribution >= 4 is 11.8 Å². The number of hydrogen-bond acceptors (Lipinski definition) is 4. The number of aryl methyl sites for hydroxylation is 1. The molecule has 2 heterocycles. The van der Waals surface area contributed by atoms with Gasteiger partial charge in [-0.3, -0.25) is 10.3 Å². The quantitative estimate of drug-likeness (QED) is 0.870. The van der Waals surface area contributed by atoms with Gasteiger partial charge >= 0.3 is 6.03 Å². The molecular weight excluding hydrogens is 232 g/mol. The van der Waals surface area contributed by atoms with Crippen LogP contribution in [0.15, 0.2) is 35.1 Å². The largest absolute Gasteiger partial charge is 0.360 e. The van der Waals surface area contributed by atoms with Gasteiger partial charge in [-0.2, -0.15) is 0 Å². The molecule has 0 saturated heterocycles. The van der Waals surface area contributed by atoms with E-state index < -0.39 is 0 Å². The first kappa shape index (κ1) is 12.1. The highest BCUT2D eigenvalue weighted by Gasteiger charge is 2.10. The van der Waals surface area contributed by atoms with Crippen molar-refractivity contribution < 1.29 is 9.32 Å². The monoisotopic (exact) mass is 246 g/mol. The Kier molecular flexibility index (Phi) is 3.57. The summed E-state index contributed by atoms with van der Waals surface area (Å²) >= 11 is 0. The lowest BCUT2D eigenvalue weighted by atomic mass is 10.1. The second-order valence-electron chi connectivity index (χ2n) is 3.93. The second kappa shape index (κ2) is 5.31. The summed E-state index contributed by atoms with van der Waals surface area (Å²) in [6.45, 7) is 3.64. The predicted molar refractivity (Wildman–Crippen MR) is 66.0 cm³/mol. The summed E-state index contributed by atoms with van der Waals surface area (Å²) in [5.74, 6) is 1.04. The molecule has 0 aliphatic carbocycles. The molecule has 18 heavy (non-hydrogen) atoms. The highest BCUT2D eigenvalue weighted by Crippen LogP contribution is 2.11. The Balaban J connectivity index is 1.92. The van der Waals surface area contributed by atoms with E-state index in [-0.39, 0.29) is 12.1 Å². The molecule has 1 atom stereocenters. The maximum atomic E-state index is 11.7. The summed E-state index contributed by atoms with van der Waals surface area (Å²) in [5, 5.41) is 9.05. The molecule has 0 fully saturated rings. The summed E-state index contributed by atoms with van der Waals surface area (Å²) < 4.78 is 4.85. The molecule has 0 aromatic carbocycles. The first-order valence-corrected chi connectivity index (χ1v) is 5.56. The molecule has 0 aliphatic rings. The molecule has 0 saturated carbocycles. The van der Waals surface area contributed by atoms with Gasteiger partial charge in [-0.05, 0) is 25.5 Å². The Hall–Kier alpha value is -2.37. The average molecular weight is 246 g/mol. The number of carbonyl (C=O) groups excluding carboxylic acids is 1. The fraction of sp³-hybridized carbons (Fsp3) is 0.250. The highest BCUT2D eigenvalue weighted by molar-refractivity contribution is 5.88. The van der Waals surface area contributed by atoms with Crippen LogP contribution in [-0.4, -0.2) is 16.2 Å². The summed E-state index contributed by atoms with van der Waals surface area (Å²) in [6, 6.07) is 4.91.